The number of ether oxygens (including phenoxy) is 3. The van der Waals surface area contributed by atoms with Crippen molar-refractivity contribution < 1.29 is 33.4 Å². The number of carbonyl (C=O) groups is 4. The molecule has 0 heterocycles. The Bertz CT molecular complexity index is 559. The van der Waals surface area contributed by atoms with E-state index in [9.17, 15) is 19.2 Å². The Labute approximate surface area is 173 Å². The van der Waals surface area contributed by atoms with E-state index in [1.54, 1.807) is 62.3 Å². The molecule has 0 spiro atoms. The lowest BCUT2D eigenvalue weighted by molar-refractivity contribution is -0.158. The summed E-state index contributed by atoms with van der Waals surface area (Å²) < 4.78 is 15.4. The summed E-state index contributed by atoms with van der Waals surface area (Å²) in [5, 5.41) is 2.43. The average molecular weight is 417 g/mol. The van der Waals surface area contributed by atoms with Gasteiger partial charge in [-0.2, -0.15) is 0 Å². The first-order valence-electron chi connectivity index (χ1n) is 9.73. The maximum Gasteiger partial charge on any atom is 0.408 e. The fraction of sp³-hybridized carbons (Fsp3) is 0.800. The number of alkyl carbamates (subject to hydrolysis) is 1. The number of amides is 2. The summed E-state index contributed by atoms with van der Waals surface area (Å²) in [6.45, 7) is 15.1. The molecular weight excluding hydrogens is 380 g/mol. The van der Waals surface area contributed by atoms with E-state index in [-0.39, 0.29) is 19.2 Å². The minimum absolute atomic E-state index is 0.177. The molecule has 0 aromatic carbocycles. The van der Waals surface area contributed by atoms with Crippen molar-refractivity contribution in [3.8, 4) is 0 Å². The van der Waals surface area contributed by atoms with Crippen molar-refractivity contribution >= 4 is 23.9 Å². The Morgan fingerprint density at radius 2 is 1.41 bits per heavy atom. The van der Waals surface area contributed by atoms with Gasteiger partial charge < -0.3 is 24.4 Å². The van der Waals surface area contributed by atoms with Gasteiger partial charge in [-0.25, -0.2) is 4.79 Å². The molecule has 0 unspecified atom stereocenters. The molecule has 9 nitrogen and oxygen atoms in total. The predicted octanol–water partition coefficient (Wildman–Crippen LogP) is 2.41. The van der Waals surface area contributed by atoms with E-state index in [0.717, 1.165) is 0 Å². The summed E-state index contributed by atoms with van der Waals surface area (Å²) in [6, 6.07) is -1.62. The molecule has 2 amide bonds. The Hall–Kier alpha value is -2.32. The zero-order valence-corrected chi connectivity index (χ0v) is 19.1. The molecule has 0 fully saturated rings. The van der Waals surface area contributed by atoms with Gasteiger partial charge >= 0.3 is 18.0 Å². The second-order valence-electron chi connectivity index (χ2n) is 8.85. The van der Waals surface area contributed by atoms with Crippen molar-refractivity contribution in [3.63, 3.8) is 0 Å². The Morgan fingerprint density at radius 1 is 0.897 bits per heavy atom. The first-order valence-corrected chi connectivity index (χ1v) is 9.73. The lowest BCUT2D eigenvalue weighted by atomic mass is 10.1. The fourth-order valence-electron chi connectivity index (χ4n) is 2.26. The molecule has 0 aliphatic carbocycles. The molecule has 168 valence electrons. The minimum atomic E-state index is -1.25. The molecule has 1 atom stereocenters. The summed E-state index contributed by atoms with van der Waals surface area (Å²) >= 11 is 0. The van der Waals surface area contributed by atoms with Crippen LogP contribution in [0, 0.1) is 0 Å². The topological polar surface area (TPSA) is 111 Å². The van der Waals surface area contributed by atoms with Crippen LogP contribution in [0.1, 0.15) is 68.7 Å². The van der Waals surface area contributed by atoms with E-state index in [4.69, 9.17) is 14.2 Å². The molecule has 0 aliphatic heterocycles. The first kappa shape index (κ1) is 26.7. The number of hydrogen-bond acceptors (Lipinski definition) is 7. The molecule has 0 bridgehead atoms. The van der Waals surface area contributed by atoms with Crippen LogP contribution < -0.4 is 5.32 Å². The van der Waals surface area contributed by atoms with Gasteiger partial charge in [0.05, 0.1) is 13.0 Å². The van der Waals surface area contributed by atoms with E-state index in [1.807, 2.05) is 0 Å². The van der Waals surface area contributed by atoms with Gasteiger partial charge in [0, 0.05) is 6.04 Å². The van der Waals surface area contributed by atoms with E-state index in [1.165, 1.54) is 4.90 Å². The molecule has 0 aromatic heterocycles. The van der Waals surface area contributed by atoms with Crippen molar-refractivity contribution in [2.75, 3.05) is 13.2 Å². The summed E-state index contributed by atoms with van der Waals surface area (Å²) in [6.07, 6.45) is -1.25. The van der Waals surface area contributed by atoms with Crippen LogP contribution in [0.4, 0.5) is 4.79 Å². The predicted molar refractivity (Wildman–Crippen MR) is 107 cm³/mol. The molecule has 0 radical (unpaired) electrons. The van der Waals surface area contributed by atoms with E-state index in [0.29, 0.717) is 0 Å². The zero-order valence-electron chi connectivity index (χ0n) is 19.1. The molecular formula is C20H36N2O7. The molecule has 0 saturated carbocycles. The number of hydrogen-bond donors (Lipinski definition) is 1. The third kappa shape index (κ3) is 12.0. The molecule has 0 aliphatic rings. The number of carbonyl (C=O) groups excluding carboxylic acids is 4. The summed E-state index contributed by atoms with van der Waals surface area (Å²) in [7, 11) is 0. The van der Waals surface area contributed by atoms with Gasteiger partial charge in [0.2, 0.25) is 5.91 Å². The van der Waals surface area contributed by atoms with E-state index >= 15 is 0 Å². The van der Waals surface area contributed by atoms with Crippen LogP contribution in [0.3, 0.4) is 0 Å². The number of nitrogens with one attached hydrogen (secondary N) is 1. The van der Waals surface area contributed by atoms with Crippen LogP contribution in [-0.4, -0.2) is 65.3 Å². The van der Waals surface area contributed by atoms with Gasteiger partial charge in [0.25, 0.3) is 0 Å². The monoisotopic (exact) mass is 416 g/mol. The van der Waals surface area contributed by atoms with Crippen molar-refractivity contribution in [2.24, 2.45) is 0 Å². The maximum atomic E-state index is 13.1. The maximum absolute atomic E-state index is 13.1. The highest BCUT2D eigenvalue weighted by Crippen LogP contribution is 2.13. The van der Waals surface area contributed by atoms with Crippen molar-refractivity contribution in [3.05, 3.63) is 0 Å². The smallest absolute Gasteiger partial charge is 0.408 e. The van der Waals surface area contributed by atoms with Crippen LogP contribution in [-0.2, 0) is 28.6 Å². The third-order valence-corrected chi connectivity index (χ3v) is 3.29. The standard InChI is InChI=1S/C20H36N2O7/c1-10-27-16(24)12-22(13(2)3)17(25)14(11-15(23)28-19(4,5)6)21-18(26)29-20(7,8)9/h13-14H,10-12H2,1-9H3,(H,21,26)/t14-/m0/s1. The van der Waals surface area contributed by atoms with Crippen molar-refractivity contribution in [1.82, 2.24) is 10.2 Å². The first-order chi connectivity index (χ1) is 13.1. The Morgan fingerprint density at radius 3 is 1.83 bits per heavy atom. The van der Waals surface area contributed by atoms with Gasteiger partial charge in [-0.3, -0.25) is 14.4 Å². The lowest BCUT2D eigenvalue weighted by Gasteiger charge is -2.31. The molecule has 29 heavy (non-hydrogen) atoms. The Balaban J connectivity index is 5.54. The number of esters is 2. The second-order valence-corrected chi connectivity index (χ2v) is 8.85. The van der Waals surface area contributed by atoms with Crippen LogP contribution in [0.2, 0.25) is 0 Å². The molecule has 9 heteroatoms. The fourth-order valence-corrected chi connectivity index (χ4v) is 2.26. The van der Waals surface area contributed by atoms with Crippen molar-refractivity contribution in [1.29, 1.82) is 0 Å². The molecule has 1 N–H and O–H groups in total. The van der Waals surface area contributed by atoms with Crippen LogP contribution in [0.5, 0.6) is 0 Å². The average Bonchev–Trinajstić information content (AvgIpc) is 2.47. The normalized spacial score (nSPS) is 12.8. The van der Waals surface area contributed by atoms with Crippen LogP contribution >= 0.6 is 0 Å². The van der Waals surface area contributed by atoms with Crippen molar-refractivity contribution in [2.45, 2.75) is 92.0 Å². The minimum Gasteiger partial charge on any atom is -0.465 e. The van der Waals surface area contributed by atoms with Crippen LogP contribution in [0.25, 0.3) is 0 Å². The summed E-state index contributed by atoms with van der Waals surface area (Å²) in [5.74, 6) is -1.85. The highest BCUT2D eigenvalue weighted by Gasteiger charge is 2.33. The van der Waals surface area contributed by atoms with Gasteiger partial charge in [0.15, 0.2) is 0 Å². The molecule has 0 aromatic rings. The van der Waals surface area contributed by atoms with Gasteiger partial charge in [-0.05, 0) is 62.3 Å². The zero-order chi connectivity index (χ0) is 23.0. The van der Waals surface area contributed by atoms with E-state index < -0.39 is 47.6 Å². The van der Waals surface area contributed by atoms with E-state index in [2.05, 4.69) is 5.32 Å². The highest BCUT2D eigenvalue weighted by atomic mass is 16.6. The van der Waals surface area contributed by atoms with Crippen LogP contribution in [0.15, 0.2) is 0 Å². The third-order valence-electron chi connectivity index (χ3n) is 3.29. The Kier molecular flexibility index (Phi) is 10.1. The SMILES string of the molecule is CCOC(=O)CN(C(=O)[C@H](CC(=O)OC(C)(C)C)NC(=O)OC(C)(C)C)C(C)C. The summed E-state index contributed by atoms with van der Waals surface area (Å²) in [4.78, 5) is 50.7. The van der Waals surface area contributed by atoms with Gasteiger partial charge in [-0.1, -0.05) is 0 Å². The highest BCUT2D eigenvalue weighted by molar-refractivity contribution is 5.91. The van der Waals surface area contributed by atoms with Gasteiger partial charge in [-0.15, -0.1) is 0 Å². The number of nitrogens with zero attached hydrogens (tertiary/aromatic N) is 1. The summed E-state index contributed by atoms with van der Waals surface area (Å²) in [5.41, 5.74) is -1.54. The number of rotatable bonds is 8. The lowest BCUT2D eigenvalue weighted by Crippen LogP contribution is -2.54. The molecule has 0 rings (SSSR count). The second kappa shape index (κ2) is 11.0. The molecule has 0 saturated heterocycles. The largest absolute Gasteiger partial charge is 0.465 e. The quantitative estimate of drug-likeness (QED) is 0.478. The van der Waals surface area contributed by atoms with Gasteiger partial charge in [0.1, 0.15) is 23.8 Å².